The topological polar surface area (TPSA) is 68.5 Å². The fraction of sp³-hybridized carbons (Fsp3) is 0.130. The van der Waals surface area contributed by atoms with Crippen molar-refractivity contribution in [3.8, 4) is 16.8 Å². The Bertz CT molecular complexity index is 1410. The van der Waals surface area contributed by atoms with Gasteiger partial charge in [-0.3, -0.25) is 4.57 Å². The smallest absolute Gasteiger partial charge is 0.157 e. The Hall–Kier alpha value is -3.10. The van der Waals surface area contributed by atoms with Crippen LogP contribution in [0.4, 0.5) is 5.82 Å². The number of benzene rings is 2. The number of hydrogen-bond acceptors (Lipinski definition) is 6. The molecule has 6 nitrogen and oxygen atoms in total. The molecule has 31 heavy (non-hydrogen) atoms. The van der Waals surface area contributed by atoms with Crippen molar-refractivity contribution in [2.45, 2.75) is 19.4 Å². The van der Waals surface area contributed by atoms with Gasteiger partial charge in [0.15, 0.2) is 5.82 Å². The van der Waals surface area contributed by atoms with E-state index in [0.29, 0.717) is 6.54 Å². The maximum Gasteiger partial charge on any atom is 0.157 e. The second-order valence-electron chi connectivity index (χ2n) is 7.41. The second kappa shape index (κ2) is 7.55. The molecular formula is C23H17BrN6S. The number of thiophene rings is 1. The fourth-order valence-corrected chi connectivity index (χ4v) is 5.29. The molecule has 3 aromatic heterocycles. The van der Waals surface area contributed by atoms with Crippen LogP contribution in [0.3, 0.4) is 0 Å². The Morgan fingerprint density at radius 2 is 1.87 bits per heavy atom. The molecule has 0 unspecified atom stereocenters. The molecule has 0 saturated carbocycles. The highest BCUT2D eigenvalue weighted by Crippen LogP contribution is 2.37. The lowest BCUT2D eigenvalue weighted by molar-refractivity contribution is 0.757. The van der Waals surface area contributed by atoms with Crippen molar-refractivity contribution in [2.24, 2.45) is 0 Å². The van der Waals surface area contributed by atoms with E-state index in [1.54, 1.807) is 17.7 Å². The summed E-state index contributed by atoms with van der Waals surface area (Å²) in [6, 6.07) is 16.8. The minimum Gasteiger partial charge on any atom is -0.362 e. The van der Waals surface area contributed by atoms with Gasteiger partial charge in [-0.1, -0.05) is 46.3 Å². The standard InChI is InChI=1S/C23H17BrN6S/c24-16-8-5-14(6-9-16)17-12-31-23-21(17)22(26-13-27-23)25-11-20-29-28-19-10-7-15-3-1-2-4-18(15)30(19)20/h1-6,8-9,12-13H,7,10-11H2,(H,25,26,27). The Morgan fingerprint density at radius 3 is 2.77 bits per heavy atom. The summed E-state index contributed by atoms with van der Waals surface area (Å²) in [6.45, 7) is 0.531. The molecule has 6 rings (SSSR count). The van der Waals surface area contributed by atoms with Crippen LogP contribution in [-0.2, 0) is 19.4 Å². The molecule has 8 heteroatoms. The summed E-state index contributed by atoms with van der Waals surface area (Å²) in [5.74, 6) is 2.70. The van der Waals surface area contributed by atoms with Crippen molar-refractivity contribution in [3.05, 3.63) is 81.9 Å². The second-order valence-corrected chi connectivity index (χ2v) is 9.18. The van der Waals surface area contributed by atoms with E-state index < -0.39 is 0 Å². The first-order valence-electron chi connectivity index (χ1n) is 10.0. The van der Waals surface area contributed by atoms with E-state index in [0.717, 1.165) is 56.1 Å². The number of aromatic nitrogens is 5. The first-order valence-corrected chi connectivity index (χ1v) is 11.7. The van der Waals surface area contributed by atoms with Crippen LogP contribution in [0.25, 0.3) is 27.0 Å². The van der Waals surface area contributed by atoms with Crippen molar-refractivity contribution in [2.75, 3.05) is 5.32 Å². The highest BCUT2D eigenvalue weighted by atomic mass is 79.9. The number of rotatable bonds is 4. The van der Waals surface area contributed by atoms with Gasteiger partial charge in [0.2, 0.25) is 0 Å². The predicted molar refractivity (Wildman–Crippen MR) is 127 cm³/mol. The van der Waals surface area contributed by atoms with Crippen molar-refractivity contribution in [1.82, 2.24) is 24.7 Å². The van der Waals surface area contributed by atoms with Crippen molar-refractivity contribution in [3.63, 3.8) is 0 Å². The maximum absolute atomic E-state index is 4.56. The fourth-order valence-electron chi connectivity index (χ4n) is 4.11. The molecule has 0 spiro atoms. The molecular weight excluding hydrogens is 472 g/mol. The number of para-hydroxylation sites is 1. The van der Waals surface area contributed by atoms with Gasteiger partial charge in [-0.05, 0) is 35.7 Å². The van der Waals surface area contributed by atoms with Gasteiger partial charge in [-0.15, -0.1) is 21.5 Å². The van der Waals surface area contributed by atoms with Gasteiger partial charge in [0.05, 0.1) is 17.6 Å². The summed E-state index contributed by atoms with van der Waals surface area (Å²) >= 11 is 5.14. The van der Waals surface area contributed by atoms with Crippen LogP contribution in [0.2, 0.25) is 0 Å². The number of fused-ring (bicyclic) bond motifs is 4. The van der Waals surface area contributed by atoms with E-state index >= 15 is 0 Å². The quantitative estimate of drug-likeness (QED) is 0.366. The number of halogens is 1. The number of nitrogens with one attached hydrogen (secondary N) is 1. The Balaban J connectivity index is 1.37. The minimum atomic E-state index is 0.531. The summed E-state index contributed by atoms with van der Waals surface area (Å²) in [4.78, 5) is 9.99. The zero-order valence-electron chi connectivity index (χ0n) is 16.4. The molecule has 2 aromatic carbocycles. The summed E-state index contributed by atoms with van der Waals surface area (Å²) in [5.41, 5.74) is 4.77. The van der Waals surface area contributed by atoms with Gasteiger partial charge >= 0.3 is 0 Å². The average Bonchev–Trinajstić information content (AvgIpc) is 3.43. The van der Waals surface area contributed by atoms with Crippen LogP contribution in [0.15, 0.2) is 64.7 Å². The maximum atomic E-state index is 4.56. The third kappa shape index (κ3) is 3.23. The first-order chi connectivity index (χ1) is 15.3. The molecule has 0 saturated heterocycles. The summed E-state index contributed by atoms with van der Waals surface area (Å²) in [5, 5.41) is 15.6. The van der Waals surface area contributed by atoms with Gasteiger partial charge in [0.25, 0.3) is 0 Å². The van der Waals surface area contributed by atoms with Gasteiger partial charge in [0, 0.05) is 21.8 Å². The number of anilines is 1. The minimum absolute atomic E-state index is 0.531. The van der Waals surface area contributed by atoms with Crippen molar-refractivity contribution in [1.29, 1.82) is 0 Å². The molecule has 0 radical (unpaired) electrons. The highest BCUT2D eigenvalue weighted by molar-refractivity contribution is 9.10. The van der Waals surface area contributed by atoms with Gasteiger partial charge in [-0.2, -0.15) is 0 Å². The summed E-state index contributed by atoms with van der Waals surface area (Å²) in [7, 11) is 0. The normalized spacial score (nSPS) is 12.5. The van der Waals surface area contributed by atoms with Crippen LogP contribution < -0.4 is 5.32 Å². The Labute approximate surface area is 191 Å². The van der Waals surface area contributed by atoms with Crippen molar-refractivity contribution < 1.29 is 0 Å². The predicted octanol–water partition coefficient (Wildman–Crippen LogP) is 5.41. The number of nitrogens with zero attached hydrogens (tertiary/aromatic N) is 5. The molecule has 1 aliphatic heterocycles. The molecule has 152 valence electrons. The summed E-state index contributed by atoms with van der Waals surface area (Å²) < 4.78 is 3.23. The average molecular weight is 489 g/mol. The molecule has 0 amide bonds. The highest BCUT2D eigenvalue weighted by Gasteiger charge is 2.21. The molecule has 1 N–H and O–H groups in total. The molecule has 0 bridgehead atoms. The molecule has 0 aliphatic carbocycles. The lowest BCUT2D eigenvalue weighted by Crippen LogP contribution is -2.16. The third-order valence-electron chi connectivity index (χ3n) is 5.59. The van der Waals surface area contributed by atoms with E-state index in [4.69, 9.17) is 0 Å². The number of aryl methyl sites for hydroxylation is 2. The van der Waals surface area contributed by atoms with Crippen LogP contribution in [-0.4, -0.2) is 24.7 Å². The lowest BCUT2D eigenvalue weighted by Gasteiger charge is -2.19. The molecule has 0 atom stereocenters. The molecule has 5 aromatic rings. The van der Waals surface area contributed by atoms with E-state index in [9.17, 15) is 0 Å². The largest absolute Gasteiger partial charge is 0.362 e. The van der Waals surface area contributed by atoms with Gasteiger partial charge < -0.3 is 5.32 Å². The van der Waals surface area contributed by atoms with Crippen LogP contribution in [0.1, 0.15) is 17.2 Å². The Morgan fingerprint density at radius 1 is 1.00 bits per heavy atom. The SMILES string of the molecule is Brc1ccc(-c2csc3ncnc(NCc4nnc5n4-c4ccccc4CC5)c23)cc1. The monoisotopic (exact) mass is 488 g/mol. The lowest BCUT2D eigenvalue weighted by atomic mass is 10.0. The van der Waals surface area contributed by atoms with E-state index in [2.05, 4.69) is 99.9 Å². The number of hydrogen-bond donors (Lipinski definition) is 1. The van der Waals surface area contributed by atoms with Crippen LogP contribution in [0.5, 0.6) is 0 Å². The zero-order chi connectivity index (χ0) is 20.8. The van der Waals surface area contributed by atoms with Crippen molar-refractivity contribution >= 4 is 43.3 Å². The van der Waals surface area contributed by atoms with Crippen LogP contribution in [0, 0.1) is 0 Å². The molecule has 4 heterocycles. The molecule has 1 aliphatic rings. The van der Waals surface area contributed by atoms with E-state index in [1.807, 2.05) is 0 Å². The van der Waals surface area contributed by atoms with E-state index in [1.165, 1.54) is 11.3 Å². The summed E-state index contributed by atoms with van der Waals surface area (Å²) in [6.07, 6.45) is 3.51. The Kier molecular flexibility index (Phi) is 4.54. The molecule has 0 fully saturated rings. The van der Waals surface area contributed by atoms with Gasteiger partial charge in [-0.25, -0.2) is 9.97 Å². The third-order valence-corrected chi connectivity index (χ3v) is 7.00. The zero-order valence-corrected chi connectivity index (χ0v) is 18.8. The van der Waals surface area contributed by atoms with E-state index in [-0.39, 0.29) is 0 Å². The van der Waals surface area contributed by atoms with Crippen LogP contribution >= 0.6 is 27.3 Å². The van der Waals surface area contributed by atoms with Gasteiger partial charge in [0.1, 0.15) is 22.8 Å². The first kappa shape index (κ1) is 18.7.